The number of hydrogen-bond acceptors (Lipinski definition) is 4. The van der Waals surface area contributed by atoms with E-state index in [4.69, 9.17) is 4.74 Å². The summed E-state index contributed by atoms with van der Waals surface area (Å²) in [6.45, 7) is 3.09. The number of pyridine rings is 1. The third-order valence-electron chi connectivity index (χ3n) is 3.95. The molecule has 0 amide bonds. The van der Waals surface area contributed by atoms with Gasteiger partial charge in [0.2, 0.25) is 5.88 Å². The number of nitrogens with zero attached hydrogens (tertiary/aromatic N) is 3. The predicted octanol–water partition coefficient (Wildman–Crippen LogP) is 2.79. The van der Waals surface area contributed by atoms with Gasteiger partial charge in [-0.1, -0.05) is 13.0 Å². The molecule has 0 spiro atoms. The molecule has 1 atom stereocenters. The molecule has 0 aromatic carbocycles. The van der Waals surface area contributed by atoms with Gasteiger partial charge in [-0.3, -0.25) is 9.89 Å². The smallest absolute Gasteiger partial charge is 0.401 e. The van der Waals surface area contributed by atoms with Gasteiger partial charge in [0.05, 0.1) is 13.2 Å². The fourth-order valence-electron chi connectivity index (χ4n) is 2.73. The Morgan fingerprint density at radius 1 is 1.41 bits per heavy atom. The molecule has 1 aromatic heterocycles. The van der Waals surface area contributed by atoms with E-state index in [-0.39, 0.29) is 30.0 Å². The number of aromatic nitrogens is 1. The fraction of sp³-hybridized carbons (Fsp3) is 0.647. The summed E-state index contributed by atoms with van der Waals surface area (Å²) in [5, 5.41) is 6.33. The van der Waals surface area contributed by atoms with E-state index in [1.165, 1.54) is 4.90 Å². The molecule has 1 aliphatic rings. The molecule has 2 heterocycles. The van der Waals surface area contributed by atoms with Crippen molar-refractivity contribution in [2.45, 2.75) is 38.5 Å². The van der Waals surface area contributed by atoms with Crippen LogP contribution in [0.4, 0.5) is 13.2 Å². The molecule has 1 saturated heterocycles. The van der Waals surface area contributed by atoms with Gasteiger partial charge in [-0.25, -0.2) is 4.98 Å². The zero-order chi connectivity index (χ0) is 19.0. The molecule has 2 rings (SSSR count). The van der Waals surface area contributed by atoms with Crippen molar-refractivity contribution in [2.24, 2.45) is 4.99 Å². The third-order valence-corrected chi connectivity index (χ3v) is 3.95. The standard InChI is InChI=1S/C17H26F3N5O.HI/c1-3-8-26-15-5-4-13(9-22-15)10-23-16(21-2)24-14-6-7-25(11-14)12-17(18,19)20;/h4-5,9,14H,3,6-8,10-12H2,1-2H3,(H2,21,23,24);1H. The number of halogens is 4. The molecular weight excluding hydrogens is 474 g/mol. The first-order valence-electron chi connectivity index (χ1n) is 8.73. The second-order valence-corrected chi connectivity index (χ2v) is 6.26. The molecule has 1 unspecified atom stereocenters. The third kappa shape index (κ3) is 8.96. The van der Waals surface area contributed by atoms with Crippen molar-refractivity contribution < 1.29 is 17.9 Å². The zero-order valence-corrected chi connectivity index (χ0v) is 17.9. The Labute approximate surface area is 175 Å². The number of nitrogens with one attached hydrogen (secondary N) is 2. The number of guanidine groups is 1. The summed E-state index contributed by atoms with van der Waals surface area (Å²) in [6, 6.07) is 3.68. The quantitative estimate of drug-likeness (QED) is 0.342. The molecule has 1 aromatic rings. The van der Waals surface area contributed by atoms with Gasteiger partial charge < -0.3 is 15.4 Å². The van der Waals surface area contributed by atoms with Gasteiger partial charge in [0.1, 0.15) is 0 Å². The van der Waals surface area contributed by atoms with Crippen LogP contribution in [0.5, 0.6) is 5.88 Å². The lowest BCUT2D eigenvalue weighted by molar-refractivity contribution is -0.143. The first kappa shape index (κ1) is 23.7. The molecule has 154 valence electrons. The molecule has 0 aliphatic carbocycles. The summed E-state index contributed by atoms with van der Waals surface area (Å²) in [7, 11) is 1.64. The van der Waals surface area contributed by atoms with Crippen molar-refractivity contribution in [3.63, 3.8) is 0 Å². The minimum absolute atomic E-state index is 0. The molecule has 1 fully saturated rings. The van der Waals surface area contributed by atoms with E-state index in [1.54, 1.807) is 13.2 Å². The fourth-order valence-corrected chi connectivity index (χ4v) is 2.73. The van der Waals surface area contributed by atoms with Crippen LogP contribution in [0.3, 0.4) is 0 Å². The van der Waals surface area contributed by atoms with Gasteiger partial charge in [-0.05, 0) is 18.4 Å². The first-order valence-corrected chi connectivity index (χ1v) is 8.73. The topological polar surface area (TPSA) is 61.8 Å². The van der Waals surface area contributed by atoms with Crippen LogP contribution in [0.15, 0.2) is 23.3 Å². The van der Waals surface area contributed by atoms with Crippen molar-refractivity contribution in [3.05, 3.63) is 23.9 Å². The van der Waals surface area contributed by atoms with E-state index < -0.39 is 12.7 Å². The van der Waals surface area contributed by atoms with Crippen LogP contribution in [-0.4, -0.2) is 61.4 Å². The van der Waals surface area contributed by atoms with Crippen molar-refractivity contribution in [2.75, 3.05) is 33.3 Å². The lowest BCUT2D eigenvalue weighted by Gasteiger charge is -2.19. The molecule has 0 radical (unpaired) electrons. The van der Waals surface area contributed by atoms with Gasteiger partial charge >= 0.3 is 6.18 Å². The van der Waals surface area contributed by atoms with Gasteiger partial charge in [0.25, 0.3) is 0 Å². The molecule has 1 aliphatic heterocycles. The Morgan fingerprint density at radius 3 is 2.78 bits per heavy atom. The van der Waals surface area contributed by atoms with E-state index >= 15 is 0 Å². The maximum absolute atomic E-state index is 12.5. The highest BCUT2D eigenvalue weighted by Crippen LogP contribution is 2.19. The highest BCUT2D eigenvalue weighted by atomic mass is 127. The summed E-state index contributed by atoms with van der Waals surface area (Å²) in [5.74, 6) is 1.16. The Balaban J connectivity index is 0.00000364. The largest absolute Gasteiger partial charge is 0.478 e. The van der Waals surface area contributed by atoms with E-state index in [0.29, 0.717) is 44.5 Å². The monoisotopic (exact) mass is 501 g/mol. The van der Waals surface area contributed by atoms with E-state index in [1.807, 2.05) is 19.1 Å². The Hall–Kier alpha value is -1.30. The summed E-state index contributed by atoms with van der Waals surface area (Å²) in [6.07, 6.45) is -0.850. The summed E-state index contributed by atoms with van der Waals surface area (Å²) < 4.78 is 42.8. The summed E-state index contributed by atoms with van der Waals surface area (Å²) >= 11 is 0. The number of aliphatic imine (C=N–C) groups is 1. The Morgan fingerprint density at radius 2 is 2.19 bits per heavy atom. The minimum Gasteiger partial charge on any atom is -0.478 e. The average Bonchev–Trinajstić information content (AvgIpc) is 3.02. The van der Waals surface area contributed by atoms with Crippen molar-refractivity contribution >= 4 is 29.9 Å². The zero-order valence-electron chi connectivity index (χ0n) is 15.6. The second-order valence-electron chi connectivity index (χ2n) is 6.26. The highest BCUT2D eigenvalue weighted by Gasteiger charge is 2.34. The van der Waals surface area contributed by atoms with Crippen molar-refractivity contribution in [3.8, 4) is 5.88 Å². The highest BCUT2D eigenvalue weighted by molar-refractivity contribution is 14.0. The van der Waals surface area contributed by atoms with Crippen LogP contribution >= 0.6 is 24.0 Å². The summed E-state index contributed by atoms with van der Waals surface area (Å²) in [4.78, 5) is 9.77. The van der Waals surface area contributed by atoms with Gasteiger partial charge in [0.15, 0.2) is 5.96 Å². The molecule has 0 saturated carbocycles. The average molecular weight is 501 g/mol. The van der Waals surface area contributed by atoms with Crippen LogP contribution < -0.4 is 15.4 Å². The first-order chi connectivity index (χ1) is 12.4. The number of hydrogen-bond donors (Lipinski definition) is 2. The maximum atomic E-state index is 12.5. The molecule has 10 heteroatoms. The Kier molecular flexibility index (Phi) is 10.1. The van der Waals surface area contributed by atoms with Gasteiger partial charge in [-0.2, -0.15) is 13.2 Å². The minimum atomic E-state index is -4.16. The lowest BCUT2D eigenvalue weighted by Crippen LogP contribution is -2.44. The lowest BCUT2D eigenvalue weighted by atomic mass is 10.2. The van der Waals surface area contributed by atoms with E-state index in [0.717, 1.165) is 12.0 Å². The van der Waals surface area contributed by atoms with Crippen molar-refractivity contribution in [1.82, 2.24) is 20.5 Å². The number of alkyl halides is 3. The van der Waals surface area contributed by atoms with Crippen molar-refractivity contribution in [1.29, 1.82) is 0 Å². The van der Waals surface area contributed by atoms with Gasteiger partial charge in [-0.15, -0.1) is 24.0 Å². The number of ether oxygens (including phenoxy) is 1. The maximum Gasteiger partial charge on any atom is 0.401 e. The predicted molar refractivity (Wildman–Crippen MR) is 110 cm³/mol. The summed E-state index contributed by atoms with van der Waals surface area (Å²) in [5.41, 5.74) is 0.960. The van der Waals surface area contributed by atoms with Crippen LogP contribution in [-0.2, 0) is 6.54 Å². The molecule has 27 heavy (non-hydrogen) atoms. The Bertz CT molecular complexity index is 583. The molecule has 6 nitrogen and oxygen atoms in total. The van der Waals surface area contributed by atoms with E-state index in [9.17, 15) is 13.2 Å². The number of rotatable bonds is 7. The van der Waals surface area contributed by atoms with Crippen LogP contribution in [0, 0.1) is 0 Å². The van der Waals surface area contributed by atoms with E-state index in [2.05, 4.69) is 20.6 Å². The second kappa shape index (κ2) is 11.5. The number of likely N-dealkylation sites (tertiary alicyclic amines) is 1. The van der Waals surface area contributed by atoms with Crippen LogP contribution in [0.1, 0.15) is 25.3 Å². The molecule has 2 N–H and O–H groups in total. The molecule has 0 bridgehead atoms. The SMILES string of the molecule is CCCOc1ccc(CNC(=NC)NC2CCN(CC(F)(F)F)C2)cn1.I. The van der Waals surface area contributed by atoms with Gasteiger partial charge in [0, 0.05) is 45.0 Å². The molecular formula is C17H27F3IN5O. The normalized spacial score (nSPS) is 18.1. The van der Waals surface area contributed by atoms with Crippen LogP contribution in [0.2, 0.25) is 0 Å². The van der Waals surface area contributed by atoms with Crippen LogP contribution in [0.25, 0.3) is 0 Å².